The van der Waals surface area contributed by atoms with Crippen molar-refractivity contribution in [3.8, 4) is 0 Å². The molecule has 0 saturated carbocycles. The highest BCUT2D eigenvalue weighted by atomic mass is 32.2. The largest absolute Gasteiger partial charge is 0.299 e. The topological polar surface area (TPSA) is 18.6 Å². The Morgan fingerprint density at radius 2 is 2.09 bits per heavy atom. The lowest BCUT2D eigenvalue weighted by atomic mass is 10.1. The fourth-order valence-corrected chi connectivity index (χ4v) is 3.65. The summed E-state index contributed by atoms with van der Waals surface area (Å²) < 4.78 is 2.13. The van der Waals surface area contributed by atoms with Gasteiger partial charge in [0.25, 0.3) is 0 Å². The number of thioether (sulfide) groups is 1. The molecule has 1 atom stereocenters. The lowest BCUT2D eigenvalue weighted by molar-refractivity contribution is -0.462. The Hall–Kier alpha value is -1.65. The first-order chi connectivity index (χ1) is 10.5. The summed E-state index contributed by atoms with van der Waals surface area (Å²) in [6, 6.07) is 0.332. The summed E-state index contributed by atoms with van der Waals surface area (Å²) in [6.45, 7) is 0. The van der Waals surface area contributed by atoms with E-state index in [0.29, 0.717) is 6.04 Å². The highest BCUT2D eigenvalue weighted by molar-refractivity contribution is 8.07. The van der Waals surface area contributed by atoms with E-state index in [1.807, 2.05) is 11.8 Å². The van der Waals surface area contributed by atoms with Crippen molar-refractivity contribution in [1.29, 1.82) is 0 Å². The van der Waals surface area contributed by atoms with Crippen LogP contribution >= 0.6 is 11.8 Å². The van der Waals surface area contributed by atoms with Crippen molar-refractivity contribution < 1.29 is 4.58 Å². The molecule has 0 aromatic carbocycles. The van der Waals surface area contributed by atoms with Crippen LogP contribution in [0, 0.1) is 0 Å². The van der Waals surface area contributed by atoms with Crippen molar-refractivity contribution in [3.63, 3.8) is 0 Å². The summed E-state index contributed by atoms with van der Waals surface area (Å²) >= 11 is 1.85. The predicted molar refractivity (Wildman–Crippen MR) is 96.8 cm³/mol. The third kappa shape index (κ3) is 3.23. The lowest BCUT2D eigenvalue weighted by Crippen LogP contribution is -2.24. The van der Waals surface area contributed by atoms with E-state index >= 15 is 0 Å². The Balaban J connectivity index is 2.04. The molecule has 0 aromatic heterocycles. The molecule has 22 heavy (non-hydrogen) atoms. The summed E-state index contributed by atoms with van der Waals surface area (Å²) in [5.41, 5.74) is 3.41. The van der Waals surface area contributed by atoms with Gasteiger partial charge >= 0.3 is 0 Å². The van der Waals surface area contributed by atoms with Crippen LogP contribution in [0.25, 0.3) is 0 Å². The molecule has 0 fully saturated rings. The molecule has 1 heterocycles. The van der Waals surface area contributed by atoms with Gasteiger partial charge < -0.3 is 0 Å². The zero-order valence-corrected chi connectivity index (χ0v) is 14.4. The third-order valence-electron chi connectivity index (χ3n) is 3.87. The summed E-state index contributed by atoms with van der Waals surface area (Å²) in [5, 5.41) is 0. The molecule has 114 valence electrons. The lowest BCUT2D eigenvalue weighted by Gasteiger charge is -2.20. The van der Waals surface area contributed by atoms with E-state index in [1.165, 1.54) is 15.5 Å². The van der Waals surface area contributed by atoms with Crippen LogP contribution in [0.3, 0.4) is 0 Å². The molecule has 3 nitrogen and oxygen atoms in total. The van der Waals surface area contributed by atoms with Gasteiger partial charge in [-0.2, -0.15) is 0 Å². The normalized spacial score (nSPS) is 28.4. The third-order valence-corrected chi connectivity index (χ3v) is 4.96. The van der Waals surface area contributed by atoms with Crippen molar-refractivity contribution in [3.05, 3.63) is 58.0 Å². The van der Waals surface area contributed by atoms with Gasteiger partial charge in [0.1, 0.15) is 14.1 Å². The SMILES string of the molecule is CN(C)C1C=C/C=C2\C/C(=C\1)SC1=CC(=[N+](C)C)C=CC1=N2. The average molecular weight is 312 g/mol. The van der Waals surface area contributed by atoms with E-state index in [1.54, 1.807) is 0 Å². The quantitative estimate of drug-likeness (QED) is 0.547. The number of nitrogens with zero attached hydrogens (tertiary/aromatic N) is 3. The minimum atomic E-state index is 0.332. The van der Waals surface area contributed by atoms with Crippen LogP contribution in [0.1, 0.15) is 6.42 Å². The smallest absolute Gasteiger partial charge is 0.200 e. The van der Waals surface area contributed by atoms with E-state index in [-0.39, 0.29) is 0 Å². The van der Waals surface area contributed by atoms with Gasteiger partial charge in [-0.05, 0) is 31.2 Å². The van der Waals surface area contributed by atoms with Gasteiger partial charge in [0.15, 0.2) is 0 Å². The molecule has 0 saturated heterocycles. The fraction of sp³-hybridized carbons (Fsp3) is 0.333. The Morgan fingerprint density at radius 3 is 2.82 bits per heavy atom. The maximum Gasteiger partial charge on any atom is 0.200 e. The summed E-state index contributed by atoms with van der Waals surface area (Å²) in [7, 11) is 8.37. The molecule has 0 aromatic rings. The Morgan fingerprint density at radius 1 is 1.27 bits per heavy atom. The van der Waals surface area contributed by atoms with Crippen molar-refractivity contribution in [1.82, 2.24) is 4.90 Å². The molecular weight excluding hydrogens is 290 g/mol. The highest BCUT2D eigenvalue weighted by Gasteiger charge is 2.22. The van der Waals surface area contributed by atoms with Crippen molar-refractivity contribution in [2.75, 3.05) is 28.2 Å². The van der Waals surface area contributed by atoms with E-state index < -0.39 is 0 Å². The minimum Gasteiger partial charge on any atom is -0.299 e. The monoisotopic (exact) mass is 312 g/mol. The summed E-state index contributed by atoms with van der Waals surface area (Å²) in [6.07, 6.45) is 16.2. The molecule has 2 aliphatic carbocycles. The first kappa shape index (κ1) is 15.3. The molecule has 0 N–H and O–H groups in total. The van der Waals surface area contributed by atoms with E-state index in [0.717, 1.165) is 17.8 Å². The molecule has 3 rings (SSSR count). The molecule has 1 unspecified atom stereocenters. The maximum atomic E-state index is 4.85. The van der Waals surface area contributed by atoms with Crippen molar-refractivity contribution >= 4 is 23.2 Å². The van der Waals surface area contributed by atoms with Gasteiger partial charge in [0.05, 0.1) is 5.71 Å². The van der Waals surface area contributed by atoms with Gasteiger partial charge in [-0.3, -0.25) is 9.89 Å². The molecule has 3 aliphatic rings. The molecule has 0 spiro atoms. The number of rotatable bonds is 1. The molecule has 4 heteroatoms. The van der Waals surface area contributed by atoms with Gasteiger partial charge in [0.2, 0.25) is 5.71 Å². The van der Waals surface area contributed by atoms with Gasteiger partial charge in [-0.15, -0.1) is 0 Å². The van der Waals surface area contributed by atoms with Gasteiger partial charge in [-0.25, -0.2) is 4.58 Å². The average Bonchev–Trinajstić information content (AvgIpc) is 2.62. The van der Waals surface area contributed by atoms with E-state index in [9.17, 15) is 0 Å². The number of fused-ring (bicyclic) bond motifs is 3. The van der Waals surface area contributed by atoms with Crippen LogP contribution in [-0.4, -0.2) is 55.1 Å². The first-order valence-corrected chi connectivity index (χ1v) is 8.30. The number of hydrogen-bond acceptors (Lipinski definition) is 3. The minimum absolute atomic E-state index is 0.332. The zero-order valence-electron chi connectivity index (χ0n) is 13.6. The zero-order chi connectivity index (χ0) is 15.7. The number of allylic oxidation sites excluding steroid dienone is 7. The molecule has 0 radical (unpaired) electrons. The van der Waals surface area contributed by atoms with E-state index in [4.69, 9.17) is 4.99 Å². The van der Waals surface area contributed by atoms with Crippen molar-refractivity contribution in [2.24, 2.45) is 4.99 Å². The van der Waals surface area contributed by atoms with Crippen LogP contribution in [0.5, 0.6) is 0 Å². The van der Waals surface area contributed by atoms with Crippen LogP contribution in [0.2, 0.25) is 0 Å². The predicted octanol–water partition coefficient (Wildman–Crippen LogP) is 3.00. The summed E-state index contributed by atoms with van der Waals surface area (Å²) in [4.78, 5) is 9.68. The second-order valence-electron chi connectivity index (χ2n) is 6.07. The van der Waals surface area contributed by atoms with Crippen LogP contribution < -0.4 is 0 Å². The van der Waals surface area contributed by atoms with Crippen LogP contribution in [0.4, 0.5) is 0 Å². The van der Waals surface area contributed by atoms with E-state index in [2.05, 4.69) is 80.2 Å². The second kappa shape index (κ2) is 6.23. The summed E-state index contributed by atoms with van der Waals surface area (Å²) in [5.74, 6) is 0. The molecule has 0 amide bonds. The standard InChI is InChI=1S/C18H22N3S/c1-20(2)14-7-5-6-13-10-16(11-14)22-18-12-15(21(3)4)8-9-17(18)19-13/h5-9,11-12,14H,10H2,1-4H3/q+1/b7-5?,13-6+,16-11+. The number of likely N-dealkylation sites (N-methyl/N-ethyl adjacent to an activating group) is 1. The molecule has 2 bridgehead atoms. The second-order valence-corrected chi connectivity index (χ2v) is 7.24. The van der Waals surface area contributed by atoms with Crippen LogP contribution in [-0.2, 0) is 0 Å². The van der Waals surface area contributed by atoms with Gasteiger partial charge in [0, 0.05) is 35.2 Å². The number of hydrogen-bond donors (Lipinski definition) is 0. The maximum absolute atomic E-state index is 4.85. The number of aliphatic imine (C=N–C) groups is 1. The highest BCUT2D eigenvalue weighted by Crippen LogP contribution is 2.37. The molecule has 1 aliphatic heterocycles. The fourth-order valence-electron chi connectivity index (χ4n) is 2.54. The Labute approximate surface area is 136 Å². The Kier molecular flexibility index (Phi) is 4.32. The Bertz CT molecular complexity index is 696. The van der Waals surface area contributed by atoms with Gasteiger partial charge in [-0.1, -0.05) is 30.0 Å². The molecular formula is C18H22N3S+. The van der Waals surface area contributed by atoms with Crippen LogP contribution in [0.15, 0.2) is 63.0 Å². The van der Waals surface area contributed by atoms with Crippen molar-refractivity contribution in [2.45, 2.75) is 12.5 Å². The first-order valence-electron chi connectivity index (χ1n) is 7.48.